The highest BCUT2D eigenvalue weighted by atomic mass is 79.9. The van der Waals surface area contributed by atoms with Gasteiger partial charge in [0.1, 0.15) is 0 Å². The van der Waals surface area contributed by atoms with Gasteiger partial charge in [0, 0.05) is 59.1 Å². The molecule has 4 nitrogen and oxygen atoms in total. The van der Waals surface area contributed by atoms with Crippen LogP contribution in [-0.4, -0.2) is 49.3 Å². The zero-order valence-electron chi connectivity index (χ0n) is 16.6. The van der Waals surface area contributed by atoms with Crippen LogP contribution < -0.4 is 10.2 Å². The topological polar surface area (TPSA) is 35.6 Å². The first-order valence-electron chi connectivity index (χ1n) is 9.81. The molecule has 150 valence electrons. The number of piperazine rings is 1. The van der Waals surface area contributed by atoms with E-state index in [1.54, 1.807) is 11.8 Å². The maximum atomic E-state index is 12.3. The van der Waals surface area contributed by atoms with Crippen LogP contribution in [0.1, 0.15) is 18.9 Å². The zero-order chi connectivity index (χ0) is 19.9. The molecule has 0 radical (unpaired) electrons. The van der Waals surface area contributed by atoms with Crippen LogP contribution in [0.4, 0.5) is 11.4 Å². The van der Waals surface area contributed by atoms with Crippen LogP contribution in [0.5, 0.6) is 0 Å². The van der Waals surface area contributed by atoms with Crippen molar-refractivity contribution >= 4 is 45.0 Å². The van der Waals surface area contributed by atoms with E-state index < -0.39 is 0 Å². The molecular weight excluding hydrogens is 434 g/mol. The monoisotopic (exact) mass is 461 g/mol. The first-order valence-corrected chi connectivity index (χ1v) is 11.6. The van der Waals surface area contributed by atoms with Gasteiger partial charge in [-0.3, -0.25) is 4.79 Å². The molecule has 0 atom stereocenters. The Labute approximate surface area is 180 Å². The quantitative estimate of drug-likeness (QED) is 0.587. The average Bonchev–Trinajstić information content (AvgIpc) is 2.71. The Morgan fingerprint density at radius 3 is 2.46 bits per heavy atom. The van der Waals surface area contributed by atoms with E-state index in [1.807, 2.05) is 18.2 Å². The molecular formula is C22H28BrN3OS. The second-order valence-electron chi connectivity index (χ2n) is 7.02. The van der Waals surface area contributed by atoms with Gasteiger partial charge in [-0.2, -0.15) is 0 Å². The Morgan fingerprint density at radius 1 is 1.11 bits per heavy atom. The highest BCUT2D eigenvalue weighted by molar-refractivity contribution is 9.10. The maximum absolute atomic E-state index is 12.3. The number of nitrogens with zero attached hydrogens (tertiary/aromatic N) is 2. The standard InChI is InChI=1S/C22H28BrN3OS/c1-3-25-11-13-26(14-12-25)19-6-9-21(17(2)16-19)24-22(27)10-15-28-20-7-4-18(23)5-8-20/h4-9,16H,3,10-15H2,1-2H3,(H,24,27). The fourth-order valence-corrected chi connectivity index (χ4v) is 4.43. The summed E-state index contributed by atoms with van der Waals surface area (Å²) in [6.45, 7) is 9.76. The molecule has 0 unspecified atom stereocenters. The molecule has 2 aromatic rings. The second-order valence-corrected chi connectivity index (χ2v) is 9.11. The highest BCUT2D eigenvalue weighted by Crippen LogP contribution is 2.25. The smallest absolute Gasteiger partial charge is 0.225 e. The van der Waals surface area contributed by atoms with E-state index in [9.17, 15) is 4.79 Å². The molecule has 1 N–H and O–H groups in total. The summed E-state index contributed by atoms with van der Waals surface area (Å²) in [7, 11) is 0. The summed E-state index contributed by atoms with van der Waals surface area (Å²) in [6.07, 6.45) is 0.501. The molecule has 1 aliphatic rings. The summed E-state index contributed by atoms with van der Waals surface area (Å²) in [4.78, 5) is 18.4. The second kappa shape index (κ2) is 10.3. The lowest BCUT2D eigenvalue weighted by Crippen LogP contribution is -2.46. The van der Waals surface area contributed by atoms with Crippen molar-refractivity contribution in [3.05, 3.63) is 52.5 Å². The predicted octanol–water partition coefficient (Wildman–Crippen LogP) is 5.02. The van der Waals surface area contributed by atoms with E-state index in [0.717, 1.165) is 54.2 Å². The minimum atomic E-state index is 0.0667. The largest absolute Gasteiger partial charge is 0.369 e. The third-order valence-electron chi connectivity index (χ3n) is 5.08. The van der Waals surface area contributed by atoms with Crippen molar-refractivity contribution in [1.29, 1.82) is 0 Å². The predicted molar refractivity (Wildman–Crippen MR) is 124 cm³/mol. The van der Waals surface area contributed by atoms with Gasteiger partial charge in [0.2, 0.25) is 5.91 Å². The van der Waals surface area contributed by atoms with Gasteiger partial charge in [-0.05, 0) is 61.5 Å². The number of hydrogen-bond acceptors (Lipinski definition) is 4. The third kappa shape index (κ3) is 6.00. The van der Waals surface area contributed by atoms with Crippen molar-refractivity contribution in [3.63, 3.8) is 0 Å². The summed E-state index contributed by atoms with van der Waals surface area (Å²) < 4.78 is 1.07. The summed E-state index contributed by atoms with van der Waals surface area (Å²) in [5, 5.41) is 3.07. The molecule has 0 aliphatic carbocycles. The van der Waals surface area contributed by atoms with Crippen LogP contribution in [0.25, 0.3) is 0 Å². The lowest BCUT2D eigenvalue weighted by Gasteiger charge is -2.35. The average molecular weight is 462 g/mol. The van der Waals surface area contributed by atoms with Gasteiger partial charge >= 0.3 is 0 Å². The summed E-state index contributed by atoms with van der Waals surface area (Å²) in [6, 6.07) is 14.5. The van der Waals surface area contributed by atoms with E-state index in [-0.39, 0.29) is 5.91 Å². The van der Waals surface area contributed by atoms with Crippen molar-refractivity contribution in [2.45, 2.75) is 25.2 Å². The van der Waals surface area contributed by atoms with Crippen molar-refractivity contribution in [2.75, 3.05) is 48.7 Å². The first kappa shape index (κ1) is 21.2. The van der Waals surface area contributed by atoms with Gasteiger partial charge in [-0.1, -0.05) is 22.9 Å². The summed E-state index contributed by atoms with van der Waals surface area (Å²) in [5.41, 5.74) is 3.27. The number of benzene rings is 2. The molecule has 1 amide bonds. The molecule has 28 heavy (non-hydrogen) atoms. The summed E-state index contributed by atoms with van der Waals surface area (Å²) in [5.74, 6) is 0.837. The Bertz CT molecular complexity index is 789. The molecule has 0 spiro atoms. The van der Waals surface area contributed by atoms with E-state index in [2.05, 4.69) is 69.2 Å². The minimum Gasteiger partial charge on any atom is -0.369 e. The highest BCUT2D eigenvalue weighted by Gasteiger charge is 2.16. The normalized spacial score (nSPS) is 14.9. The minimum absolute atomic E-state index is 0.0667. The lowest BCUT2D eigenvalue weighted by atomic mass is 10.1. The van der Waals surface area contributed by atoms with Crippen LogP contribution in [0, 0.1) is 6.92 Å². The molecule has 1 heterocycles. The first-order chi connectivity index (χ1) is 13.5. The number of anilines is 2. The molecule has 0 saturated carbocycles. The molecule has 2 aromatic carbocycles. The fraction of sp³-hybridized carbons (Fsp3) is 0.409. The number of amides is 1. The molecule has 1 fully saturated rings. The van der Waals surface area contributed by atoms with Crippen molar-refractivity contribution < 1.29 is 4.79 Å². The molecule has 0 bridgehead atoms. The lowest BCUT2D eigenvalue weighted by molar-refractivity contribution is -0.115. The molecule has 1 saturated heterocycles. The summed E-state index contributed by atoms with van der Waals surface area (Å²) >= 11 is 5.14. The van der Waals surface area contributed by atoms with E-state index in [1.165, 1.54) is 10.6 Å². The van der Waals surface area contributed by atoms with Crippen LogP contribution in [0.3, 0.4) is 0 Å². The molecule has 0 aromatic heterocycles. The van der Waals surface area contributed by atoms with Crippen molar-refractivity contribution in [1.82, 2.24) is 4.90 Å². The number of carbonyl (C=O) groups excluding carboxylic acids is 1. The number of rotatable bonds is 7. The number of halogens is 1. The van der Waals surface area contributed by atoms with Gasteiger partial charge in [0.25, 0.3) is 0 Å². The van der Waals surface area contributed by atoms with E-state index in [0.29, 0.717) is 6.42 Å². The number of nitrogens with one attached hydrogen (secondary N) is 1. The van der Waals surface area contributed by atoms with Gasteiger partial charge in [-0.15, -0.1) is 11.8 Å². The number of aryl methyl sites for hydroxylation is 1. The van der Waals surface area contributed by atoms with Crippen molar-refractivity contribution in [3.8, 4) is 0 Å². The van der Waals surface area contributed by atoms with E-state index >= 15 is 0 Å². The van der Waals surface area contributed by atoms with Crippen molar-refractivity contribution in [2.24, 2.45) is 0 Å². The molecule has 6 heteroatoms. The Kier molecular flexibility index (Phi) is 7.82. The Balaban J connectivity index is 1.48. The third-order valence-corrected chi connectivity index (χ3v) is 6.62. The van der Waals surface area contributed by atoms with Gasteiger partial charge in [0.05, 0.1) is 0 Å². The van der Waals surface area contributed by atoms with Crippen LogP contribution >= 0.6 is 27.7 Å². The van der Waals surface area contributed by atoms with Gasteiger partial charge in [-0.25, -0.2) is 0 Å². The molecule has 1 aliphatic heterocycles. The Morgan fingerprint density at radius 2 is 1.82 bits per heavy atom. The number of carbonyl (C=O) groups is 1. The number of hydrogen-bond donors (Lipinski definition) is 1. The van der Waals surface area contributed by atoms with E-state index in [4.69, 9.17) is 0 Å². The maximum Gasteiger partial charge on any atom is 0.225 e. The zero-order valence-corrected chi connectivity index (χ0v) is 19.0. The van der Waals surface area contributed by atoms with Crippen LogP contribution in [0.2, 0.25) is 0 Å². The van der Waals surface area contributed by atoms with Crippen LogP contribution in [-0.2, 0) is 4.79 Å². The number of likely N-dealkylation sites (N-methyl/N-ethyl adjacent to an activating group) is 1. The fourth-order valence-electron chi connectivity index (χ4n) is 3.31. The van der Waals surface area contributed by atoms with Gasteiger partial charge in [0.15, 0.2) is 0 Å². The SMILES string of the molecule is CCN1CCN(c2ccc(NC(=O)CCSc3ccc(Br)cc3)c(C)c2)CC1. The number of thioether (sulfide) groups is 1. The van der Waals surface area contributed by atoms with Gasteiger partial charge < -0.3 is 15.1 Å². The molecule has 3 rings (SSSR count). The Hall–Kier alpha value is -1.50. The van der Waals surface area contributed by atoms with Crippen LogP contribution in [0.15, 0.2) is 51.8 Å².